The van der Waals surface area contributed by atoms with Crippen LogP contribution in [0.15, 0.2) is 0 Å². The van der Waals surface area contributed by atoms with Crippen molar-refractivity contribution in [2.75, 3.05) is 26.7 Å². The number of piperidine rings is 1. The first-order chi connectivity index (χ1) is 7.79. The van der Waals surface area contributed by atoms with E-state index >= 15 is 0 Å². The Labute approximate surface area is 97.8 Å². The van der Waals surface area contributed by atoms with Gasteiger partial charge in [-0.05, 0) is 51.6 Å². The fourth-order valence-corrected chi connectivity index (χ4v) is 2.27. The molecular formula is C12H23N3O. The highest BCUT2D eigenvalue weighted by Gasteiger charge is 2.27. The molecule has 2 fully saturated rings. The maximum Gasteiger partial charge on any atom is 0.317 e. The molecule has 0 atom stereocenters. The molecule has 0 aromatic carbocycles. The molecule has 16 heavy (non-hydrogen) atoms. The highest BCUT2D eigenvalue weighted by Crippen LogP contribution is 2.22. The lowest BCUT2D eigenvalue weighted by atomic mass is 9.94. The van der Waals surface area contributed by atoms with Gasteiger partial charge < -0.3 is 15.5 Å². The molecule has 0 aromatic heterocycles. The SMILES string of the molecule is CNCCC1CCN(C(=O)NC2CC2)CC1. The van der Waals surface area contributed by atoms with Crippen LogP contribution in [0.2, 0.25) is 0 Å². The van der Waals surface area contributed by atoms with Gasteiger partial charge in [-0.15, -0.1) is 0 Å². The van der Waals surface area contributed by atoms with Gasteiger partial charge in [-0.1, -0.05) is 0 Å². The summed E-state index contributed by atoms with van der Waals surface area (Å²) in [5.41, 5.74) is 0. The lowest BCUT2D eigenvalue weighted by Gasteiger charge is -2.32. The first kappa shape index (κ1) is 11.7. The molecule has 0 aromatic rings. The fraction of sp³-hybridized carbons (Fsp3) is 0.917. The number of amides is 2. The third kappa shape index (κ3) is 3.37. The van der Waals surface area contributed by atoms with Gasteiger partial charge in [0.15, 0.2) is 0 Å². The molecule has 1 heterocycles. The number of nitrogens with zero attached hydrogens (tertiary/aromatic N) is 1. The Morgan fingerprint density at radius 2 is 1.94 bits per heavy atom. The largest absolute Gasteiger partial charge is 0.335 e. The van der Waals surface area contributed by atoms with Crippen molar-refractivity contribution in [2.45, 2.75) is 38.1 Å². The van der Waals surface area contributed by atoms with Crippen LogP contribution in [0.5, 0.6) is 0 Å². The lowest BCUT2D eigenvalue weighted by molar-refractivity contribution is 0.168. The highest BCUT2D eigenvalue weighted by molar-refractivity contribution is 5.74. The molecular weight excluding hydrogens is 202 g/mol. The molecule has 1 saturated carbocycles. The van der Waals surface area contributed by atoms with Gasteiger partial charge in [0, 0.05) is 19.1 Å². The molecule has 4 nitrogen and oxygen atoms in total. The van der Waals surface area contributed by atoms with Crippen LogP contribution in [0.1, 0.15) is 32.1 Å². The quantitative estimate of drug-likeness (QED) is 0.754. The Hall–Kier alpha value is -0.770. The van der Waals surface area contributed by atoms with E-state index in [1.807, 2.05) is 11.9 Å². The number of carbonyl (C=O) groups is 1. The summed E-state index contributed by atoms with van der Waals surface area (Å²) in [5.74, 6) is 0.803. The predicted molar refractivity (Wildman–Crippen MR) is 64.4 cm³/mol. The minimum absolute atomic E-state index is 0.162. The van der Waals surface area contributed by atoms with Gasteiger partial charge >= 0.3 is 6.03 Å². The summed E-state index contributed by atoms with van der Waals surface area (Å²) in [6.07, 6.45) is 5.92. The van der Waals surface area contributed by atoms with Gasteiger partial charge in [0.05, 0.1) is 0 Å². The third-order valence-electron chi connectivity index (χ3n) is 3.61. The summed E-state index contributed by atoms with van der Waals surface area (Å²) in [7, 11) is 2.00. The van der Waals surface area contributed by atoms with Gasteiger partial charge in [-0.2, -0.15) is 0 Å². The van der Waals surface area contributed by atoms with E-state index in [4.69, 9.17) is 0 Å². The van der Waals surface area contributed by atoms with E-state index in [1.165, 1.54) is 32.1 Å². The number of hydrogen-bond donors (Lipinski definition) is 2. The Morgan fingerprint density at radius 1 is 1.25 bits per heavy atom. The fourth-order valence-electron chi connectivity index (χ4n) is 2.27. The van der Waals surface area contributed by atoms with Crippen molar-refractivity contribution < 1.29 is 4.79 Å². The number of likely N-dealkylation sites (tertiary alicyclic amines) is 1. The van der Waals surface area contributed by atoms with Crippen LogP contribution in [0.4, 0.5) is 4.79 Å². The predicted octanol–water partition coefficient (Wildman–Crippen LogP) is 1.18. The first-order valence-corrected chi connectivity index (χ1v) is 6.49. The smallest absolute Gasteiger partial charge is 0.317 e. The monoisotopic (exact) mass is 225 g/mol. The Kier molecular flexibility index (Phi) is 4.04. The van der Waals surface area contributed by atoms with E-state index < -0.39 is 0 Å². The summed E-state index contributed by atoms with van der Waals surface area (Å²) in [6.45, 7) is 2.97. The van der Waals surface area contributed by atoms with Crippen molar-refractivity contribution in [1.29, 1.82) is 0 Å². The van der Waals surface area contributed by atoms with Gasteiger partial charge in [-0.3, -0.25) is 0 Å². The first-order valence-electron chi connectivity index (χ1n) is 6.49. The maximum absolute atomic E-state index is 11.8. The van der Waals surface area contributed by atoms with E-state index in [-0.39, 0.29) is 6.03 Å². The number of carbonyl (C=O) groups excluding carboxylic acids is 1. The van der Waals surface area contributed by atoms with Crippen molar-refractivity contribution in [3.8, 4) is 0 Å². The summed E-state index contributed by atoms with van der Waals surface area (Å²) in [5, 5.41) is 6.25. The Morgan fingerprint density at radius 3 is 2.50 bits per heavy atom. The van der Waals surface area contributed by atoms with Crippen molar-refractivity contribution in [1.82, 2.24) is 15.5 Å². The van der Waals surface area contributed by atoms with Crippen molar-refractivity contribution in [2.24, 2.45) is 5.92 Å². The molecule has 0 spiro atoms. The van der Waals surface area contributed by atoms with E-state index in [9.17, 15) is 4.79 Å². The number of nitrogens with one attached hydrogen (secondary N) is 2. The molecule has 92 valence electrons. The lowest BCUT2D eigenvalue weighted by Crippen LogP contribution is -2.45. The summed E-state index contributed by atoms with van der Waals surface area (Å²) < 4.78 is 0. The van der Waals surface area contributed by atoms with Crippen LogP contribution < -0.4 is 10.6 Å². The normalized spacial score (nSPS) is 22.2. The average Bonchev–Trinajstić information content (AvgIpc) is 3.11. The van der Waals surface area contributed by atoms with Crippen LogP contribution in [0.25, 0.3) is 0 Å². The molecule has 2 rings (SSSR count). The number of urea groups is 1. The second-order valence-corrected chi connectivity index (χ2v) is 5.05. The second-order valence-electron chi connectivity index (χ2n) is 5.05. The van der Waals surface area contributed by atoms with Crippen LogP contribution in [-0.4, -0.2) is 43.7 Å². The molecule has 0 unspecified atom stereocenters. The van der Waals surface area contributed by atoms with E-state index in [0.29, 0.717) is 6.04 Å². The van der Waals surface area contributed by atoms with Crippen LogP contribution in [-0.2, 0) is 0 Å². The summed E-state index contributed by atoms with van der Waals surface area (Å²) in [6, 6.07) is 0.643. The topological polar surface area (TPSA) is 44.4 Å². The van der Waals surface area contributed by atoms with Crippen LogP contribution >= 0.6 is 0 Å². The molecule has 2 amide bonds. The van der Waals surface area contributed by atoms with Crippen molar-refractivity contribution in [3.63, 3.8) is 0 Å². The summed E-state index contributed by atoms with van der Waals surface area (Å²) in [4.78, 5) is 13.8. The van der Waals surface area contributed by atoms with Crippen molar-refractivity contribution in [3.05, 3.63) is 0 Å². The standard InChI is InChI=1S/C12H23N3O/c1-13-7-4-10-5-8-15(9-6-10)12(16)14-11-2-3-11/h10-11,13H,2-9H2,1H3,(H,14,16). The second kappa shape index (κ2) is 5.53. The van der Waals surface area contributed by atoms with E-state index in [2.05, 4.69) is 10.6 Å². The van der Waals surface area contributed by atoms with E-state index in [0.717, 1.165) is 25.6 Å². The molecule has 2 N–H and O–H groups in total. The molecule has 1 aliphatic heterocycles. The average molecular weight is 225 g/mol. The number of hydrogen-bond acceptors (Lipinski definition) is 2. The Balaban J connectivity index is 1.65. The molecule has 4 heteroatoms. The molecule has 1 saturated heterocycles. The zero-order chi connectivity index (χ0) is 11.4. The molecule has 0 bridgehead atoms. The summed E-state index contributed by atoms with van der Waals surface area (Å²) >= 11 is 0. The maximum atomic E-state index is 11.8. The van der Waals surface area contributed by atoms with Crippen LogP contribution in [0.3, 0.4) is 0 Å². The zero-order valence-corrected chi connectivity index (χ0v) is 10.2. The van der Waals surface area contributed by atoms with Crippen molar-refractivity contribution >= 4 is 6.03 Å². The van der Waals surface area contributed by atoms with Gasteiger partial charge in [0.25, 0.3) is 0 Å². The molecule has 1 aliphatic carbocycles. The van der Waals surface area contributed by atoms with E-state index in [1.54, 1.807) is 0 Å². The Bertz CT molecular complexity index is 232. The van der Waals surface area contributed by atoms with Gasteiger partial charge in [-0.25, -0.2) is 4.79 Å². The minimum atomic E-state index is 0.162. The van der Waals surface area contributed by atoms with Gasteiger partial charge in [0.2, 0.25) is 0 Å². The minimum Gasteiger partial charge on any atom is -0.335 e. The van der Waals surface area contributed by atoms with Crippen LogP contribution in [0, 0.1) is 5.92 Å². The van der Waals surface area contributed by atoms with Gasteiger partial charge in [0.1, 0.15) is 0 Å². The highest BCUT2D eigenvalue weighted by atomic mass is 16.2. The molecule has 0 radical (unpaired) electrons. The number of rotatable bonds is 4. The zero-order valence-electron chi connectivity index (χ0n) is 10.2. The molecule has 2 aliphatic rings. The third-order valence-corrected chi connectivity index (χ3v) is 3.61.